The van der Waals surface area contributed by atoms with Crippen molar-refractivity contribution in [1.82, 2.24) is 9.78 Å². The average Bonchev–Trinajstić information content (AvgIpc) is 3.18. The molecule has 1 amide bonds. The van der Waals surface area contributed by atoms with Crippen LogP contribution in [0, 0.1) is 0 Å². The molecule has 152 valence electrons. The summed E-state index contributed by atoms with van der Waals surface area (Å²) in [5.74, 6) is -0.861. The van der Waals surface area contributed by atoms with E-state index in [2.05, 4.69) is 15.7 Å². The minimum atomic E-state index is -1.16. The Balaban J connectivity index is 1.74. The van der Waals surface area contributed by atoms with Crippen molar-refractivity contribution in [2.75, 3.05) is 17.7 Å². The number of aromatic nitrogens is 2. The van der Waals surface area contributed by atoms with Gasteiger partial charge in [-0.05, 0) is 29.8 Å². The van der Waals surface area contributed by atoms with Crippen LogP contribution in [0.5, 0.6) is 5.75 Å². The predicted octanol–water partition coefficient (Wildman–Crippen LogP) is 3.78. The van der Waals surface area contributed by atoms with Crippen molar-refractivity contribution in [2.45, 2.75) is 6.04 Å². The lowest BCUT2D eigenvalue weighted by Crippen LogP contribution is -2.25. The molecule has 3 aromatic rings. The monoisotopic (exact) mass is 424 g/mol. The molecule has 0 saturated heterocycles. The quantitative estimate of drug-likeness (QED) is 0.575. The Morgan fingerprint density at radius 2 is 1.93 bits per heavy atom. The van der Waals surface area contributed by atoms with E-state index in [0.29, 0.717) is 22.0 Å². The normalized spacial score (nSPS) is 14.9. The highest BCUT2D eigenvalue weighted by molar-refractivity contribution is 6.31. The number of aliphatic carboxylic acids is 1. The van der Waals surface area contributed by atoms with Crippen molar-refractivity contribution < 1.29 is 19.4 Å². The molecule has 4 rings (SSSR count). The number of fused-ring (bicyclic) bond motifs is 1. The van der Waals surface area contributed by atoms with Crippen LogP contribution in [0.1, 0.15) is 22.0 Å². The fourth-order valence-electron chi connectivity index (χ4n) is 3.26. The maximum Gasteiger partial charge on any atom is 0.352 e. The summed E-state index contributed by atoms with van der Waals surface area (Å²) < 4.78 is 6.79. The second kappa shape index (κ2) is 7.92. The van der Waals surface area contributed by atoms with Crippen LogP contribution in [-0.4, -0.2) is 33.9 Å². The molecule has 1 atom stereocenters. The Bertz CT molecular complexity index is 1170. The smallest absolute Gasteiger partial charge is 0.352 e. The van der Waals surface area contributed by atoms with E-state index in [1.54, 1.807) is 48.5 Å². The third-order valence-corrected chi connectivity index (χ3v) is 5.03. The third-order valence-electron chi connectivity index (χ3n) is 4.69. The topological polar surface area (TPSA) is 105 Å². The van der Waals surface area contributed by atoms with Gasteiger partial charge in [0.2, 0.25) is 0 Å². The number of ether oxygens (including phenoxy) is 1. The molecule has 0 spiro atoms. The minimum Gasteiger partial charge on any atom is -0.495 e. The molecule has 0 aliphatic carbocycles. The molecular weight excluding hydrogens is 408 g/mol. The average molecular weight is 425 g/mol. The number of hydrogen-bond donors (Lipinski definition) is 3. The lowest BCUT2D eigenvalue weighted by molar-refractivity contribution is -0.132. The van der Waals surface area contributed by atoms with Crippen LogP contribution in [0.25, 0.3) is 0 Å². The van der Waals surface area contributed by atoms with Gasteiger partial charge >= 0.3 is 5.97 Å². The summed E-state index contributed by atoms with van der Waals surface area (Å²) in [5.41, 5.74) is 1.27. The standard InChI is InChI=1S/C21H17ClN4O4/c1-30-18-9-5-4-8-15(18)25-20(27)13-11-23-26-17(12-6-2-3-7-14(12)22)10-16(21(28)29)24-19(13)26/h2-11,17,24H,1H3,(H,25,27)(H,28,29)/t17-/m1/s1. The van der Waals surface area contributed by atoms with E-state index in [4.69, 9.17) is 16.3 Å². The second-order valence-corrected chi connectivity index (χ2v) is 6.89. The molecule has 9 heteroatoms. The van der Waals surface area contributed by atoms with E-state index in [0.717, 1.165) is 0 Å². The first-order valence-electron chi connectivity index (χ1n) is 8.98. The van der Waals surface area contributed by atoms with E-state index < -0.39 is 17.9 Å². The SMILES string of the molecule is COc1ccccc1NC(=O)c1cnn2c1NC(C(=O)O)=C[C@@H]2c1ccccc1Cl. The zero-order valence-electron chi connectivity index (χ0n) is 15.8. The van der Waals surface area contributed by atoms with Gasteiger partial charge in [-0.1, -0.05) is 41.9 Å². The molecule has 2 aromatic carbocycles. The van der Waals surface area contributed by atoms with Crippen LogP contribution < -0.4 is 15.4 Å². The van der Waals surface area contributed by atoms with Crippen molar-refractivity contribution in [2.24, 2.45) is 0 Å². The molecule has 2 heterocycles. The molecule has 8 nitrogen and oxygen atoms in total. The van der Waals surface area contributed by atoms with Crippen molar-refractivity contribution in [3.63, 3.8) is 0 Å². The number of rotatable bonds is 5. The van der Waals surface area contributed by atoms with Gasteiger partial charge < -0.3 is 20.5 Å². The van der Waals surface area contributed by atoms with E-state index in [9.17, 15) is 14.7 Å². The number of benzene rings is 2. The number of nitrogens with one attached hydrogen (secondary N) is 2. The number of allylic oxidation sites excluding steroid dienone is 1. The second-order valence-electron chi connectivity index (χ2n) is 6.48. The van der Waals surface area contributed by atoms with Crippen LogP contribution in [0.3, 0.4) is 0 Å². The van der Waals surface area contributed by atoms with Crippen LogP contribution in [0.4, 0.5) is 11.5 Å². The molecule has 1 aliphatic heterocycles. The Kier molecular flexibility index (Phi) is 5.16. The lowest BCUT2D eigenvalue weighted by atomic mass is 10.0. The maximum atomic E-state index is 12.9. The van der Waals surface area contributed by atoms with E-state index in [1.807, 2.05) is 0 Å². The summed E-state index contributed by atoms with van der Waals surface area (Å²) >= 11 is 6.33. The number of anilines is 2. The van der Waals surface area contributed by atoms with Crippen LogP contribution in [0.15, 0.2) is 66.5 Å². The number of carbonyl (C=O) groups is 2. The molecule has 0 unspecified atom stereocenters. The molecule has 0 saturated carbocycles. The van der Waals surface area contributed by atoms with Crippen molar-refractivity contribution in [1.29, 1.82) is 0 Å². The zero-order chi connectivity index (χ0) is 21.3. The molecule has 0 radical (unpaired) electrons. The zero-order valence-corrected chi connectivity index (χ0v) is 16.6. The van der Waals surface area contributed by atoms with E-state index in [1.165, 1.54) is 24.1 Å². The number of carboxylic acid groups (broad SMARTS) is 1. The van der Waals surface area contributed by atoms with Crippen molar-refractivity contribution in [3.05, 3.63) is 82.7 Å². The Morgan fingerprint density at radius 3 is 2.67 bits per heavy atom. The van der Waals surface area contributed by atoms with Gasteiger partial charge in [-0.15, -0.1) is 0 Å². The maximum absolute atomic E-state index is 12.9. The van der Waals surface area contributed by atoms with Gasteiger partial charge in [0, 0.05) is 5.02 Å². The van der Waals surface area contributed by atoms with Gasteiger partial charge in [0.15, 0.2) is 0 Å². The van der Waals surface area contributed by atoms with Gasteiger partial charge in [0.1, 0.15) is 28.9 Å². The van der Waals surface area contributed by atoms with Gasteiger partial charge in [0.25, 0.3) is 5.91 Å². The summed E-state index contributed by atoms with van der Waals surface area (Å²) in [6, 6.07) is 13.5. The Labute approximate surface area is 176 Å². The summed E-state index contributed by atoms with van der Waals surface area (Å²) in [6.07, 6.45) is 2.89. The molecule has 1 aromatic heterocycles. The number of carboxylic acids is 1. The van der Waals surface area contributed by atoms with Crippen molar-refractivity contribution >= 4 is 35.0 Å². The molecule has 1 aliphatic rings. The largest absolute Gasteiger partial charge is 0.495 e. The number of hydrogen-bond acceptors (Lipinski definition) is 5. The van der Waals surface area contributed by atoms with Gasteiger partial charge in [-0.25, -0.2) is 9.48 Å². The van der Waals surface area contributed by atoms with Gasteiger partial charge in [0.05, 0.1) is 19.0 Å². The van der Waals surface area contributed by atoms with Crippen LogP contribution >= 0.6 is 11.6 Å². The number of nitrogens with zero attached hydrogens (tertiary/aromatic N) is 2. The highest BCUT2D eigenvalue weighted by Gasteiger charge is 2.30. The third kappa shape index (κ3) is 3.48. The molecule has 0 fully saturated rings. The highest BCUT2D eigenvalue weighted by atomic mass is 35.5. The fourth-order valence-corrected chi connectivity index (χ4v) is 3.51. The first-order valence-corrected chi connectivity index (χ1v) is 9.36. The first kappa shape index (κ1) is 19.5. The highest BCUT2D eigenvalue weighted by Crippen LogP contribution is 2.35. The van der Waals surface area contributed by atoms with Gasteiger partial charge in [-0.2, -0.15) is 5.10 Å². The minimum absolute atomic E-state index is 0.0701. The number of carbonyl (C=O) groups excluding carboxylic acids is 1. The van der Waals surface area contributed by atoms with Crippen molar-refractivity contribution in [3.8, 4) is 5.75 Å². The Morgan fingerprint density at radius 1 is 1.20 bits per heavy atom. The molecule has 30 heavy (non-hydrogen) atoms. The number of halogens is 1. The lowest BCUT2D eigenvalue weighted by Gasteiger charge is -2.25. The summed E-state index contributed by atoms with van der Waals surface area (Å²) in [7, 11) is 1.51. The van der Waals surface area contributed by atoms with Gasteiger partial charge in [-0.3, -0.25) is 4.79 Å². The van der Waals surface area contributed by atoms with Crippen LogP contribution in [-0.2, 0) is 4.79 Å². The first-order chi connectivity index (χ1) is 14.5. The molecular formula is C21H17ClN4O4. The van der Waals surface area contributed by atoms with Crippen LogP contribution in [0.2, 0.25) is 5.02 Å². The molecule has 3 N–H and O–H groups in total. The summed E-state index contributed by atoms with van der Waals surface area (Å²) in [5, 5.41) is 19.9. The number of para-hydroxylation sites is 2. The van der Waals surface area contributed by atoms with E-state index in [-0.39, 0.29) is 17.1 Å². The molecule has 0 bridgehead atoms. The summed E-state index contributed by atoms with van der Waals surface area (Å²) in [4.78, 5) is 24.6. The summed E-state index contributed by atoms with van der Waals surface area (Å²) in [6.45, 7) is 0. The number of methoxy groups -OCH3 is 1. The Hall–Kier alpha value is -3.78. The number of amides is 1. The van der Waals surface area contributed by atoms with E-state index >= 15 is 0 Å². The fraction of sp³-hybridized carbons (Fsp3) is 0.0952. The predicted molar refractivity (Wildman–Crippen MR) is 112 cm³/mol.